The van der Waals surface area contributed by atoms with Crippen molar-refractivity contribution in [3.63, 3.8) is 0 Å². The molecule has 4 rings (SSSR count). The lowest BCUT2D eigenvalue weighted by Gasteiger charge is -2.25. The van der Waals surface area contributed by atoms with Gasteiger partial charge in [-0.05, 0) is 48.0 Å². The number of hydrogen-bond donors (Lipinski definition) is 3. The summed E-state index contributed by atoms with van der Waals surface area (Å²) in [5, 5.41) is 18.1. The summed E-state index contributed by atoms with van der Waals surface area (Å²) in [5.74, 6) is 3.31. The molecule has 178 valence electrons. The minimum absolute atomic E-state index is 0.187. The van der Waals surface area contributed by atoms with Gasteiger partial charge in [-0.2, -0.15) is 0 Å². The molecule has 2 aromatic carbocycles. The normalized spacial score (nSPS) is 14.9. The van der Waals surface area contributed by atoms with E-state index in [1.54, 1.807) is 11.9 Å². The van der Waals surface area contributed by atoms with Gasteiger partial charge in [-0.1, -0.05) is 43.2 Å². The maximum absolute atomic E-state index is 13.5. The van der Waals surface area contributed by atoms with E-state index in [0.29, 0.717) is 25.1 Å². The maximum atomic E-state index is 13.5. The monoisotopic (exact) mass is 476 g/mol. The molecule has 6 nitrogen and oxygen atoms in total. The third-order valence-corrected chi connectivity index (χ3v) is 7.24. The number of terminal acetylenes is 1. The molecule has 1 aliphatic heterocycles. The van der Waals surface area contributed by atoms with Gasteiger partial charge in [-0.25, -0.2) is 0 Å². The van der Waals surface area contributed by atoms with Gasteiger partial charge in [0.1, 0.15) is 0 Å². The minimum Gasteiger partial charge on any atom is -0.390 e. The predicted octanol–water partition coefficient (Wildman–Crippen LogP) is 3.23. The zero-order valence-electron chi connectivity index (χ0n) is 19.8. The number of carbonyl (C=O) groups excluding carboxylic acids is 1. The van der Waals surface area contributed by atoms with Crippen molar-refractivity contribution in [1.82, 2.24) is 15.2 Å². The third-order valence-electron chi connectivity index (χ3n) is 6.29. The summed E-state index contributed by atoms with van der Waals surface area (Å²) >= 11 is 1.76. The van der Waals surface area contributed by atoms with Crippen molar-refractivity contribution in [2.45, 2.75) is 38.5 Å². The fourth-order valence-electron chi connectivity index (χ4n) is 4.50. The molecule has 7 heteroatoms. The highest BCUT2D eigenvalue weighted by Crippen LogP contribution is 2.37. The molecule has 1 aliphatic rings. The van der Waals surface area contributed by atoms with Gasteiger partial charge in [0.25, 0.3) is 5.91 Å². The summed E-state index contributed by atoms with van der Waals surface area (Å²) < 4.78 is 4.46. The highest BCUT2D eigenvalue weighted by molar-refractivity contribution is 8.00. The van der Waals surface area contributed by atoms with E-state index in [2.05, 4.69) is 45.6 Å². The van der Waals surface area contributed by atoms with E-state index in [4.69, 9.17) is 6.42 Å². The number of aliphatic hydroxyl groups is 1. The van der Waals surface area contributed by atoms with E-state index >= 15 is 0 Å². The van der Waals surface area contributed by atoms with E-state index in [1.165, 1.54) is 11.1 Å². The molecule has 0 saturated heterocycles. The fourth-order valence-corrected chi connectivity index (χ4v) is 5.33. The van der Waals surface area contributed by atoms with Crippen molar-refractivity contribution in [2.75, 3.05) is 30.2 Å². The molecular formula is C27H32N4O2S. The molecule has 0 spiro atoms. The lowest BCUT2D eigenvalue weighted by atomic mass is 10.00. The lowest BCUT2D eigenvalue weighted by Crippen LogP contribution is -2.48. The zero-order chi connectivity index (χ0) is 24.1. The molecule has 34 heavy (non-hydrogen) atoms. The maximum Gasteiger partial charge on any atom is 0.251 e. The Morgan fingerprint density at radius 2 is 2.09 bits per heavy atom. The Hall–Kier alpha value is -2.92. The Bertz CT molecular complexity index is 1180. The van der Waals surface area contributed by atoms with Crippen LogP contribution in [0.2, 0.25) is 0 Å². The van der Waals surface area contributed by atoms with Gasteiger partial charge in [-0.3, -0.25) is 4.79 Å². The standard InChI is InChI=1S/C27H32N4O2S/c1-4-11-28-17-25(32)23(14-19-9-7-6-8-10-19)29-27(33)21-15-22-20(5-2)18-31-12-13-34-30(3)24(16-21)26(22)31/h1,6-10,15-16,18,23,25,28,32H,5,11-14,17H2,2-3H3,(H,29,33)/t23-,25+/m0/s1. The number of aryl methyl sites for hydroxylation is 2. The first kappa shape index (κ1) is 24.2. The minimum atomic E-state index is -0.784. The Balaban J connectivity index is 1.64. The number of amides is 1. The van der Waals surface area contributed by atoms with Gasteiger partial charge in [0.05, 0.1) is 29.9 Å². The molecule has 3 N–H and O–H groups in total. The summed E-state index contributed by atoms with van der Waals surface area (Å²) in [6.07, 6.45) is 8.18. The van der Waals surface area contributed by atoms with Crippen molar-refractivity contribution < 1.29 is 9.90 Å². The molecule has 0 radical (unpaired) electrons. The second-order valence-electron chi connectivity index (χ2n) is 8.60. The van der Waals surface area contributed by atoms with E-state index in [9.17, 15) is 9.90 Å². The van der Waals surface area contributed by atoms with Crippen LogP contribution in [0.15, 0.2) is 48.7 Å². The average Bonchev–Trinajstić information content (AvgIpc) is 3.12. The van der Waals surface area contributed by atoms with Crippen LogP contribution in [0.1, 0.15) is 28.4 Å². The molecule has 0 bridgehead atoms. The Morgan fingerprint density at radius 1 is 1.29 bits per heavy atom. The number of benzene rings is 2. The quantitative estimate of drug-likeness (QED) is 0.251. The van der Waals surface area contributed by atoms with Gasteiger partial charge in [0, 0.05) is 43.0 Å². The number of anilines is 1. The molecule has 0 saturated carbocycles. The highest BCUT2D eigenvalue weighted by Gasteiger charge is 2.25. The molecule has 1 amide bonds. The smallest absolute Gasteiger partial charge is 0.251 e. The molecule has 2 heterocycles. The number of aromatic nitrogens is 1. The lowest BCUT2D eigenvalue weighted by molar-refractivity contribution is 0.0833. The second-order valence-corrected chi connectivity index (χ2v) is 9.81. The van der Waals surface area contributed by atoms with Crippen LogP contribution in [0.5, 0.6) is 0 Å². The largest absolute Gasteiger partial charge is 0.390 e. The predicted molar refractivity (Wildman–Crippen MR) is 141 cm³/mol. The van der Waals surface area contributed by atoms with E-state index in [-0.39, 0.29) is 5.91 Å². The summed E-state index contributed by atoms with van der Waals surface area (Å²) in [6, 6.07) is 13.4. The summed E-state index contributed by atoms with van der Waals surface area (Å²) in [5.41, 5.74) is 5.12. The average molecular weight is 477 g/mol. The molecular weight excluding hydrogens is 444 g/mol. The van der Waals surface area contributed by atoms with Crippen molar-refractivity contribution in [3.05, 3.63) is 65.4 Å². The van der Waals surface area contributed by atoms with Crippen molar-refractivity contribution in [2.24, 2.45) is 0 Å². The Kier molecular flexibility index (Phi) is 7.84. The summed E-state index contributed by atoms with van der Waals surface area (Å²) in [4.78, 5) is 13.5. The van der Waals surface area contributed by atoms with Crippen molar-refractivity contribution in [1.29, 1.82) is 0 Å². The van der Waals surface area contributed by atoms with Gasteiger partial charge < -0.3 is 24.6 Å². The van der Waals surface area contributed by atoms with E-state index in [0.717, 1.165) is 35.4 Å². The highest BCUT2D eigenvalue weighted by atomic mass is 32.2. The van der Waals surface area contributed by atoms with Crippen LogP contribution in [-0.4, -0.2) is 53.6 Å². The SMILES string of the molecule is C#CCNC[C@@H](O)[C@H](Cc1ccccc1)NC(=O)c1cc2c3c(c1)c(CC)cn3CCSN2C. The first-order valence-electron chi connectivity index (χ1n) is 11.7. The number of nitrogens with zero attached hydrogens (tertiary/aromatic N) is 2. The first-order chi connectivity index (χ1) is 16.5. The number of rotatable bonds is 9. The van der Waals surface area contributed by atoms with Crippen LogP contribution >= 0.6 is 11.9 Å². The fraction of sp³-hybridized carbons (Fsp3) is 0.370. The zero-order valence-corrected chi connectivity index (χ0v) is 20.6. The Morgan fingerprint density at radius 3 is 2.82 bits per heavy atom. The molecule has 2 atom stereocenters. The van der Waals surface area contributed by atoms with Crippen molar-refractivity contribution in [3.8, 4) is 12.3 Å². The number of nitrogens with one attached hydrogen (secondary N) is 2. The number of carbonyl (C=O) groups is 1. The molecule has 0 aliphatic carbocycles. The van der Waals surface area contributed by atoms with Crippen LogP contribution in [-0.2, 0) is 19.4 Å². The Labute approximate surface area is 205 Å². The van der Waals surface area contributed by atoms with Crippen LogP contribution in [0.4, 0.5) is 5.69 Å². The molecule has 3 aromatic rings. The van der Waals surface area contributed by atoms with Crippen LogP contribution in [0.3, 0.4) is 0 Å². The van der Waals surface area contributed by atoms with Crippen LogP contribution in [0, 0.1) is 12.3 Å². The molecule has 1 aromatic heterocycles. The van der Waals surface area contributed by atoms with Gasteiger partial charge in [-0.15, -0.1) is 6.42 Å². The molecule has 0 unspecified atom stereocenters. The van der Waals surface area contributed by atoms with Crippen molar-refractivity contribution >= 4 is 34.4 Å². The van der Waals surface area contributed by atoms with Gasteiger partial charge in [0.2, 0.25) is 0 Å². The summed E-state index contributed by atoms with van der Waals surface area (Å²) in [6.45, 7) is 3.75. The van der Waals surface area contributed by atoms with Gasteiger partial charge in [0.15, 0.2) is 0 Å². The summed E-state index contributed by atoms with van der Waals surface area (Å²) in [7, 11) is 2.05. The number of hydrogen-bond acceptors (Lipinski definition) is 5. The second kappa shape index (κ2) is 11.0. The van der Waals surface area contributed by atoms with Crippen LogP contribution in [0.25, 0.3) is 10.9 Å². The van der Waals surface area contributed by atoms with Crippen LogP contribution < -0.4 is 14.9 Å². The number of aliphatic hydroxyl groups excluding tert-OH is 1. The van der Waals surface area contributed by atoms with E-state index in [1.807, 2.05) is 42.5 Å². The topological polar surface area (TPSA) is 69.5 Å². The third kappa shape index (κ3) is 5.25. The van der Waals surface area contributed by atoms with Gasteiger partial charge >= 0.3 is 0 Å². The molecule has 0 fully saturated rings. The van der Waals surface area contributed by atoms with E-state index < -0.39 is 12.1 Å². The first-order valence-corrected chi connectivity index (χ1v) is 12.7.